The summed E-state index contributed by atoms with van der Waals surface area (Å²) in [5.74, 6) is -0.0716. The molecule has 2 aromatic rings. The van der Waals surface area contributed by atoms with Crippen molar-refractivity contribution in [2.24, 2.45) is 14.1 Å². The van der Waals surface area contributed by atoms with Gasteiger partial charge in [0.2, 0.25) is 5.82 Å². The number of hydrogen-bond donors (Lipinski definition) is 1. The molecule has 1 aromatic heterocycles. The van der Waals surface area contributed by atoms with Gasteiger partial charge in [-0.1, -0.05) is 12.1 Å². The topological polar surface area (TPSA) is 168 Å². The van der Waals surface area contributed by atoms with Crippen molar-refractivity contribution in [2.45, 2.75) is 17.8 Å². The van der Waals surface area contributed by atoms with Crippen molar-refractivity contribution >= 4 is 23.4 Å². The first-order valence-electron chi connectivity index (χ1n) is 6.89. The fourth-order valence-electron chi connectivity index (χ4n) is 2.00. The third-order valence-corrected chi connectivity index (χ3v) is 4.44. The number of carboxylic acid groups (broad SMARTS) is 1. The molecule has 0 aliphatic rings. The first-order chi connectivity index (χ1) is 12.1. The van der Waals surface area contributed by atoms with Gasteiger partial charge in [-0.15, -0.1) is 4.68 Å². The Morgan fingerprint density at radius 3 is 2.35 bits per heavy atom. The fourth-order valence-corrected chi connectivity index (χ4v) is 3.03. The molecule has 0 atom stereocenters. The zero-order valence-corrected chi connectivity index (χ0v) is 14.8. The van der Waals surface area contributed by atoms with Crippen LogP contribution in [0.25, 0.3) is 0 Å². The Labute approximate surface area is 150 Å². The molecule has 0 bridgehead atoms. The van der Waals surface area contributed by atoms with Crippen LogP contribution in [0.2, 0.25) is 0 Å². The minimum Gasteiger partial charge on any atom is -0.477 e. The van der Waals surface area contributed by atoms with E-state index in [0.29, 0.717) is 10.7 Å². The highest BCUT2D eigenvalue weighted by molar-refractivity contribution is 7.98. The molecular formula is C13H15N5O7S. The number of hydrogen-bond acceptors (Lipinski definition) is 8. The number of nitro benzene ring substituents is 1. The molecule has 2 rings (SSSR count). The number of rotatable bonds is 5. The highest BCUT2D eigenvalue weighted by Gasteiger charge is 2.25. The van der Waals surface area contributed by atoms with Crippen LogP contribution in [0.3, 0.4) is 0 Å². The molecule has 0 amide bonds. The van der Waals surface area contributed by atoms with E-state index in [9.17, 15) is 20.0 Å². The van der Waals surface area contributed by atoms with E-state index in [4.69, 9.17) is 15.3 Å². The van der Waals surface area contributed by atoms with Crippen molar-refractivity contribution in [3.05, 3.63) is 60.6 Å². The van der Waals surface area contributed by atoms with Crippen molar-refractivity contribution in [3.63, 3.8) is 0 Å². The van der Waals surface area contributed by atoms with Crippen LogP contribution in [0.1, 0.15) is 21.7 Å². The number of aryl methyl sites for hydroxylation is 1. The Bertz CT molecular complexity index is 848. The maximum Gasteiger partial charge on any atom is 0.343 e. The van der Waals surface area contributed by atoms with Gasteiger partial charge in [-0.05, 0) is 17.3 Å². The smallest absolute Gasteiger partial charge is 0.343 e. The van der Waals surface area contributed by atoms with Crippen LogP contribution in [0.15, 0.2) is 23.4 Å². The lowest BCUT2D eigenvalue weighted by molar-refractivity contribution is -0.715. The van der Waals surface area contributed by atoms with E-state index >= 15 is 0 Å². The summed E-state index contributed by atoms with van der Waals surface area (Å²) in [6.45, 7) is 1.91. The summed E-state index contributed by atoms with van der Waals surface area (Å²) in [5, 5.41) is 40.0. The molecule has 12 nitrogen and oxygen atoms in total. The van der Waals surface area contributed by atoms with E-state index in [1.807, 2.05) is 25.6 Å². The van der Waals surface area contributed by atoms with Crippen LogP contribution in [0, 0.1) is 32.4 Å². The first kappa shape index (κ1) is 20.8. The summed E-state index contributed by atoms with van der Waals surface area (Å²) < 4.78 is 3.59. The van der Waals surface area contributed by atoms with Gasteiger partial charge in [-0.25, -0.2) is 9.36 Å². The van der Waals surface area contributed by atoms with Gasteiger partial charge in [0.15, 0.2) is 0 Å². The minimum absolute atomic E-state index is 0.268. The predicted molar refractivity (Wildman–Crippen MR) is 89.1 cm³/mol. The number of nitro groups is 1. The van der Waals surface area contributed by atoms with Crippen LogP contribution >= 0.6 is 11.8 Å². The Morgan fingerprint density at radius 2 is 1.92 bits per heavy atom. The molecule has 13 heteroatoms. The number of carbonyl (C=O) groups is 1. The van der Waals surface area contributed by atoms with Gasteiger partial charge < -0.3 is 20.4 Å². The number of benzene rings is 1. The molecule has 140 valence electrons. The van der Waals surface area contributed by atoms with E-state index in [1.54, 1.807) is 10.7 Å². The molecule has 0 saturated heterocycles. The molecule has 1 aromatic carbocycles. The van der Waals surface area contributed by atoms with Crippen molar-refractivity contribution in [2.75, 3.05) is 0 Å². The maximum atomic E-state index is 11.3. The highest BCUT2D eigenvalue weighted by Crippen LogP contribution is 2.27. The van der Waals surface area contributed by atoms with E-state index in [2.05, 4.69) is 5.10 Å². The molecule has 0 radical (unpaired) electrons. The quantitative estimate of drug-likeness (QED) is 0.344. The standard InChI is InChI=1S/C13H14N4O4S.NO3/c1-8-15(2)13(14-16(8)3)22-7-9-5-4-6-10(17(20)21)11(9)12(18)19;2-1(3)4/h4-6H,7H2,1-3H3;/q;-1/p+1. The first-order valence-corrected chi connectivity index (χ1v) is 7.88. The molecular weight excluding hydrogens is 370 g/mol. The Hall–Kier alpha value is -3.22. The molecule has 1 N–H and O–H groups in total. The van der Waals surface area contributed by atoms with Gasteiger partial charge in [0.1, 0.15) is 5.56 Å². The van der Waals surface area contributed by atoms with E-state index < -0.39 is 21.7 Å². The summed E-state index contributed by atoms with van der Waals surface area (Å²) in [6.07, 6.45) is 0. The van der Waals surface area contributed by atoms with Crippen molar-refractivity contribution in [1.82, 2.24) is 9.78 Å². The molecule has 1 heterocycles. The molecule has 0 unspecified atom stereocenters. The number of aromatic carboxylic acids is 1. The second-order valence-corrected chi connectivity index (χ2v) is 5.84. The van der Waals surface area contributed by atoms with Gasteiger partial charge in [-0.3, -0.25) is 10.1 Å². The van der Waals surface area contributed by atoms with Crippen LogP contribution < -0.4 is 4.57 Å². The van der Waals surface area contributed by atoms with Crippen molar-refractivity contribution in [3.8, 4) is 0 Å². The van der Waals surface area contributed by atoms with Gasteiger partial charge in [0.05, 0.1) is 29.2 Å². The minimum atomic E-state index is -1.75. The van der Waals surface area contributed by atoms with Crippen molar-refractivity contribution < 1.29 is 24.5 Å². The third-order valence-electron chi connectivity index (χ3n) is 3.37. The number of carboxylic acids is 1. The number of aromatic nitrogens is 3. The average Bonchev–Trinajstić information content (AvgIpc) is 2.78. The largest absolute Gasteiger partial charge is 0.477 e. The van der Waals surface area contributed by atoms with Crippen molar-refractivity contribution in [1.29, 1.82) is 0 Å². The summed E-state index contributed by atoms with van der Waals surface area (Å²) >= 11 is 1.33. The summed E-state index contributed by atoms with van der Waals surface area (Å²) in [6, 6.07) is 4.27. The van der Waals surface area contributed by atoms with Gasteiger partial charge in [0, 0.05) is 18.7 Å². The number of thioether (sulfide) groups is 1. The second kappa shape index (κ2) is 8.75. The fraction of sp³-hybridized carbons (Fsp3) is 0.308. The lowest BCUT2D eigenvalue weighted by Crippen LogP contribution is -2.32. The molecule has 0 aliphatic heterocycles. The zero-order chi connectivity index (χ0) is 20.0. The SMILES string of the molecule is Cc1n(C)nc(SCc2cccc([N+](=O)[O-])c2C(=O)O)[n+]1C.O=[N+]([O-])[O-]. The maximum absolute atomic E-state index is 11.3. The molecule has 0 saturated carbocycles. The molecule has 0 spiro atoms. The van der Waals surface area contributed by atoms with Gasteiger partial charge in [-0.2, -0.15) is 0 Å². The predicted octanol–water partition coefficient (Wildman–Crippen LogP) is 1.21. The van der Waals surface area contributed by atoms with Crippen LogP contribution in [0.4, 0.5) is 5.69 Å². The van der Waals surface area contributed by atoms with Crippen LogP contribution in [-0.4, -0.2) is 30.9 Å². The number of nitrogens with zero attached hydrogens (tertiary/aromatic N) is 5. The van der Waals surface area contributed by atoms with E-state index in [-0.39, 0.29) is 11.3 Å². The lowest BCUT2D eigenvalue weighted by Gasteiger charge is -2.04. The molecule has 0 aliphatic carbocycles. The Morgan fingerprint density at radius 1 is 1.35 bits per heavy atom. The average molecular weight is 385 g/mol. The summed E-state index contributed by atoms with van der Waals surface area (Å²) in [5.41, 5.74) is -0.266. The normalized spacial score (nSPS) is 9.96. The molecule has 0 fully saturated rings. The summed E-state index contributed by atoms with van der Waals surface area (Å²) in [4.78, 5) is 29.9. The monoisotopic (exact) mass is 385 g/mol. The van der Waals surface area contributed by atoms with Gasteiger partial charge in [0.25, 0.3) is 5.69 Å². The zero-order valence-electron chi connectivity index (χ0n) is 14.0. The lowest BCUT2D eigenvalue weighted by atomic mass is 10.1. The highest BCUT2D eigenvalue weighted by atomic mass is 32.2. The Balaban J connectivity index is 0.000000765. The van der Waals surface area contributed by atoms with E-state index in [1.165, 1.54) is 23.9 Å². The molecule has 26 heavy (non-hydrogen) atoms. The van der Waals surface area contributed by atoms with Crippen LogP contribution in [0.5, 0.6) is 0 Å². The summed E-state index contributed by atoms with van der Waals surface area (Å²) in [7, 11) is 3.67. The second-order valence-electron chi connectivity index (χ2n) is 4.90. The van der Waals surface area contributed by atoms with Gasteiger partial charge >= 0.3 is 11.1 Å². The van der Waals surface area contributed by atoms with E-state index in [0.717, 1.165) is 5.82 Å². The Kier molecular flexibility index (Phi) is 7.01. The van der Waals surface area contributed by atoms with Crippen LogP contribution in [-0.2, 0) is 19.8 Å². The third kappa shape index (κ3) is 5.14.